The lowest BCUT2D eigenvalue weighted by atomic mass is 10.1. The van der Waals surface area contributed by atoms with Crippen LogP contribution in [0.1, 0.15) is 0 Å². The van der Waals surface area contributed by atoms with Crippen molar-refractivity contribution >= 4 is 44.3 Å². The van der Waals surface area contributed by atoms with Crippen molar-refractivity contribution in [1.29, 1.82) is 0 Å². The summed E-state index contributed by atoms with van der Waals surface area (Å²) < 4.78 is 15.9. The molecule has 0 atom stereocenters. The van der Waals surface area contributed by atoms with E-state index in [0.717, 1.165) is 44.3 Å². The zero-order valence-electron chi connectivity index (χ0n) is 17.7. The van der Waals surface area contributed by atoms with Crippen LogP contribution in [-0.2, 0) is 14.1 Å². The van der Waals surface area contributed by atoms with E-state index in [1.165, 1.54) is 0 Å². The number of aryl methyl sites for hydroxylation is 2. The summed E-state index contributed by atoms with van der Waals surface area (Å²) in [5.41, 5.74) is 6.35. The largest absolute Gasteiger partial charge is 0.423 e. The zero-order chi connectivity index (χ0) is 21.7. The van der Waals surface area contributed by atoms with Crippen molar-refractivity contribution < 1.29 is 8.83 Å². The van der Waals surface area contributed by atoms with Crippen LogP contribution in [0.5, 0.6) is 0 Å². The average molecular weight is 420 g/mol. The summed E-state index contributed by atoms with van der Waals surface area (Å²) in [5, 5.41) is 1.99. The molecule has 6 heteroatoms. The molecule has 0 amide bonds. The van der Waals surface area contributed by atoms with Gasteiger partial charge in [0, 0.05) is 24.9 Å². The molecular formula is C26H20N4O2. The van der Waals surface area contributed by atoms with Crippen molar-refractivity contribution in [3.8, 4) is 0 Å². The van der Waals surface area contributed by atoms with Gasteiger partial charge in [-0.05, 0) is 36.4 Å². The minimum absolute atomic E-state index is 0.546. The quantitative estimate of drug-likeness (QED) is 0.373. The number of para-hydroxylation sites is 4. The van der Waals surface area contributed by atoms with Crippen LogP contribution in [0.15, 0.2) is 104 Å². The normalized spacial score (nSPS) is 13.1. The molecule has 6 aromatic rings. The highest BCUT2D eigenvalue weighted by atomic mass is 16.4. The first-order valence-electron chi connectivity index (χ1n) is 10.4. The van der Waals surface area contributed by atoms with Gasteiger partial charge in [-0.3, -0.25) is 9.13 Å². The Labute approximate surface area is 183 Å². The van der Waals surface area contributed by atoms with Crippen LogP contribution in [0.25, 0.3) is 33.0 Å². The molecule has 0 saturated heterocycles. The van der Waals surface area contributed by atoms with Crippen molar-refractivity contribution in [3.63, 3.8) is 0 Å². The molecule has 4 aromatic carbocycles. The fourth-order valence-corrected chi connectivity index (χ4v) is 4.04. The molecular weight excluding hydrogens is 400 g/mol. The molecule has 2 heterocycles. The van der Waals surface area contributed by atoms with E-state index < -0.39 is 0 Å². The molecule has 6 rings (SSSR count). The van der Waals surface area contributed by atoms with Gasteiger partial charge in [0.05, 0.1) is 22.4 Å². The van der Waals surface area contributed by atoms with Crippen LogP contribution < -0.4 is 11.4 Å². The minimum Gasteiger partial charge on any atom is -0.423 e. The lowest BCUT2D eigenvalue weighted by Gasteiger charge is -2.04. The Morgan fingerprint density at radius 1 is 0.531 bits per heavy atom. The van der Waals surface area contributed by atoms with Crippen LogP contribution in [0, 0.1) is 0 Å². The zero-order valence-corrected chi connectivity index (χ0v) is 17.7. The van der Waals surface area contributed by atoms with E-state index in [0.29, 0.717) is 11.4 Å². The van der Waals surface area contributed by atoms with Gasteiger partial charge in [-0.25, -0.2) is 0 Å². The molecule has 156 valence electrons. The van der Waals surface area contributed by atoms with E-state index in [1.54, 1.807) is 0 Å². The number of hydrogen-bond acceptors (Lipinski definition) is 4. The third kappa shape index (κ3) is 2.88. The predicted octanol–water partition coefficient (Wildman–Crippen LogP) is 5.47. The van der Waals surface area contributed by atoms with Crippen molar-refractivity contribution in [3.05, 3.63) is 96.3 Å². The highest BCUT2D eigenvalue weighted by molar-refractivity contribution is 5.99. The SMILES string of the molecule is Cn1c(=Nc2ccc(N=c3oc4ccccc4n3C)c3ccccc23)oc2ccccc21. The molecule has 0 spiro atoms. The van der Waals surface area contributed by atoms with Crippen LogP contribution >= 0.6 is 0 Å². The maximum Gasteiger partial charge on any atom is 0.302 e. The number of fused-ring (bicyclic) bond motifs is 3. The summed E-state index contributed by atoms with van der Waals surface area (Å²) in [5.74, 6) is 0. The maximum atomic E-state index is 5.98. The summed E-state index contributed by atoms with van der Waals surface area (Å²) >= 11 is 0. The molecule has 0 aliphatic heterocycles. The van der Waals surface area contributed by atoms with Gasteiger partial charge in [-0.1, -0.05) is 48.5 Å². The Bertz CT molecular complexity index is 1630. The maximum absolute atomic E-state index is 5.98. The molecule has 0 aliphatic rings. The molecule has 0 bridgehead atoms. The first-order chi connectivity index (χ1) is 15.7. The first kappa shape index (κ1) is 18.4. The molecule has 2 aromatic heterocycles. The number of hydrogen-bond donors (Lipinski definition) is 0. The summed E-state index contributed by atoms with van der Waals surface area (Å²) in [7, 11) is 3.91. The van der Waals surface area contributed by atoms with E-state index >= 15 is 0 Å². The summed E-state index contributed by atoms with van der Waals surface area (Å²) in [6.07, 6.45) is 0. The van der Waals surface area contributed by atoms with Crippen LogP contribution in [0.4, 0.5) is 11.4 Å². The third-order valence-corrected chi connectivity index (χ3v) is 5.74. The number of benzene rings is 4. The van der Waals surface area contributed by atoms with Gasteiger partial charge in [0.1, 0.15) is 0 Å². The van der Waals surface area contributed by atoms with Gasteiger partial charge in [-0.15, -0.1) is 0 Å². The number of nitrogens with zero attached hydrogens (tertiary/aromatic N) is 4. The van der Waals surface area contributed by atoms with E-state index in [9.17, 15) is 0 Å². The molecule has 0 fully saturated rings. The smallest absolute Gasteiger partial charge is 0.302 e. The summed E-state index contributed by atoms with van der Waals surface area (Å²) in [6, 6.07) is 27.9. The van der Waals surface area contributed by atoms with Crippen molar-refractivity contribution in [2.75, 3.05) is 0 Å². The lowest BCUT2D eigenvalue weighted by molar-refractivity contribution is 0.509. The second-order valence-corrected chi connectivity index (χ2v) is 7.70. The second kappa shape index (κ2) is 7.13. The van der Waals surface area contributed by atoms with Crippen LogP contribution in [-0.4, -0.2) is 9.13 Å². The number of aromatic nitrogens is 2. The van der Waals surface area contributed by atoms with E-state index in [1.807, 2.05) is 96.0 Å². The van der Waals surface area contributed by atoms with Gasteiger partial charge in [0.2, 0.25) is 0 Å². The first-order valence-corrected chi connectivity index (χ1v) is 10.4. The van der Waals surface area contributed by atoms with Gasteiger partial charge in [0.25, 0.3) is 0 Å². The fraction of sp³-hybridized carbons (Fsp3) is 0.0769. The van der Waals surface area contributed by atoms with Crippen LogP contribution in [0.3, 0.4) is 0 Å². The van der Waals surface area contributed by atoms with Crippen LogP contribution in [0.2, 0.25) is 0 Å². The Kier molecular flexibility index (Phi) is 4.11. The molecule has 6 nitrogen and oxygen atoms in total. The average Bonchev–Trinajstić information content (AvgIpc) is 3.32. The summed E-state index contributed by atoms with van der Waals surface area (Å²) in [6.45, 7) is 0. The third-order valence-electron chi connectivity index (χ3n) is 5.74. The minimum atomic E-state index is 0.546. The van der Waals surface area contributed by atoms with Gasteiger partial charge < -0.3 is 8.83 Å². The molecule has 0 radical (unpaired) electrons. The second-order valence-electron chi connectivity index (χ2n) is 7.70. The van der Waals surface area contributed by atoms with Crippen molar-refractivity contribution in [1.82, 2.24) is 9.13 Å². The Morgan fingerprint density at radius 3 is 1.38 bits per heavy atom. The van der Waals surface area contributed by atoms with Crippen molar-refractivity contribution in [2.45, 2.75) is 0 Å². The standard InChI is InChI=1S/C26H20N4O2/c1-29-21-11-5-7-13-23(21)31-25(29)27-19-15-16-20(18-10-4-3-9-17(18)19)28-26-30(2)22-12-6-8-14-24(22)32-26/h3-16H,1-2H3. The highest BCUT2D eigenvalue weighted by Gasteiger charge is 2.09. The van der Waals surface area contributed by atoms with Crippen molar-refractivity contribution in [2.24, 2.45) is 24.1 Å². The molecule has 0 saturated carbocycles. The number of rotatable bonds is 2. The van der Waals surface area contributed by atoms with E-state index in [-0.39, 0.29) is 0 Å². The molecule has 0 N–H and O–H groups in total. The Hall–Kier alpha value is -4.32. The van der Waals surface area contributed by atoms with Gasteiger partial charge in [0.15, 0.2) is 11.2 Å². The lowest BCUT2D eigenvalue weighted by Crippen LogP contribution is -2.11. The topological polar surface area (TPSA) is 60.9 Å². The Balaban J connectivity index is 1.57. The predicted molar refractivity (Wildman–Crippen MR) is 125 cm³/mol. The van der Waals surface area contributed by atoms with Gasteiger partial charge >= 0.3 is 11.4 Å². The summed E-state index contributed by atoms with van der Waals surface area (Å²) in [4.78, 5) is 9.66. The van der Waals surface area contributed by atoms with Gasteiger partial charge in [-0.2, -0.15) is 9.98 Å². The molecule has 0 aliphatic carbocycles. The fourth-order valence-electron chi connectivity index (χ4n) is 4.04. The monoisotopic (exact) mass is 420 g/mol. The van der Waals surface area contributed by atoms with E-state index in [4.69, 9.17) is 18.8 Å². The number of oxazole rings is 2. The molecule has 0 unspecified atom stereocenters. The molecule has 32 heavy (non-hydrogen) atoms. The van der Waals surface area contributed by atoms with E-state index in [2.05, 4.69) is 12.1 Å². The Morgan fingerprint density at radius 2 is 0.938 bits per heavy atom. The highest BCUT2D eigenvalue weighted by Crippen LogP contribution is 2.33.